The molecule has 1 aromatic heterocycles. The van der Waals surface area contributed by atoms with Crippen molar-refractivity contribution in [2.75, 3.05) is 10.6 Å². The van der Waals surface area contributed by atoms with Crippen molar-refractivity contribution in [3.63, 3.8) is 0 Å². The van der Waals surface area contributed by atoms with Crippen molar-refractivity contribution in [2.45, 2.75) is 13.8 Å². The van der Waals surface area contributed by atoms with E-state index in [4.69, 9.17) is 0 Å². The Bertz CT molecular complexity index is 684. The van der Waals surface area contributed by atoms with Gasteiger partial charge in [-0.1, -0.05) is 24.3 Å². The maximum Gasteiger partial charge on any atom is 0.0948 e. The minimum atomic E-state index is 1.12. The quantitative estimate of drug-likeness (QED) is 0.630. The first-order valence-corrected chi connectivity index (χ1v) is 7.78. The predicted octanol–water partition coefficient (Wildman–Crippen LogP) is 5.85. The Morgan fingerprint density at radius 2 is 1.14 bits per heavy atom. The molecule has 3 heteroatoms. The van der Waals surface area contributed by atoms with Gasteiger partial charge in [0.25, 0.3) is 0 Å². The molecular formula is C18H18N2S. The Kier molecular flexibility index (Phi) is 3.93. The Hall–Kier alpha value is -2.26. The molecule has 0 aliphatic rings. The number of anilines is 4. The highest BCUT2D eigenvalue weighted by Crippen LogP contribution is 2.31. The topological polar surface area (TPSA) is 24.1 Å². The number of nitrogens with one attached hydrogen (secondary N) is 2. The van der Waals surface area contributed by atoms with Gasteiger partial charge in [0, 0.05) is 11.4 Å². The minimum Gasteiger partial charge on any atom is -0.347 e. The lowest BCUT2D eigenvalue weighted by molar-refractivity contribution is 1.46. The van der Waals surface area contributed by atoms with Gasteiger partial charge in [-0.15, -0.1) is 11.3 Å². The van der Waals surface area contributed by atoms with Crippen LogP contribution in [-0.2, 0) is 0 Å². The molecule has 0 atom stereocenters. The monoisotopic (exact) mass is 294 g/mol. The molecule has 0 saturated heterocycles. The molecule has 0 fully saturated rings. The van der Waals surface area contributed by atoms with Crippen LogP contribution in [0.25, 0.3) is 0 Å². The van der Waals surface area contributed by atoms with Crippen LogP contribution in [-0.4, -0.2) is 0 Å². The van der Waals surface area contributed by atoms with Gasteiger partial charge in [-0.2, -0.15) is 0 Å². The number of aryl methyl sites for hydroxylation is 2. The van der Waals surface area contributed by atoms with Gasteiger partial charge in [-0.05, 0) is 61.4 Å². The standard InChI is InChI=1S/C18H18N2S/c1-13-5-3-7-15(11-13)19-17-9-10-18(21-17)20-16-8-4-6-14(2)12-16/h3-12,19-20H,1-2H3. The summed E-state index contributed by atoms with van der Waals surface area (Å²) in [5, 5.41) is 9.15. The molecule has 2 N–H and O–H groups in total. The fraction of sp³-hybridized carbons (Fsp3) is 0.111. The molecule has 1 heterocycles. The second kappa shape index (κ2) is 6.02. The second-order valence-corrected chi connectivity index (χ2v) is 6.24. The van der Waals surface area contributed by atoms with Gasteiger partial charge < -0.3 is 10.6 Å². The van der Waals surface area contributed by atoms with Gasteiger partial charge in [0.1, 0.15) is 0 Å². The molecule has 0 amide bonds. The van der Waals surface area contributed by atoms with Crippen LogP contribution in [0.4, 0.5) is 21.4 Å². The summed E-state index contributed by atoms with van der Waals surface area (Å²) in [7, 11) is 0. The Morgan fingerprint density at radius 1 is 0.667 bits per heavy atom. The van der Waals surface area contributed by atoms with E-state index in [9.17, 15) is 0 Å². The molecule has 0 radical (unpaired) electrons. The second-order valence-electron chi connectivity index (χ2n) is 5.15. The smallest absolute Gasteiger partial charge is 0.0948 e. The lowest BCUT2D eigenvalue weighted by Crippen LogP contribution is -1.87. The van der Waals surface area contributed by atoms with E-state index in [1.165, 1.54) is 11.1 Å². The number of benzene rings is 2. The first-order valence-electron chi connectivity index (χ1n) is 6.96. The third-order valence-corrected chi connectivity index (χ3v) is 4.09. The summed E-state index contributed by atoms with van der Waals surface area (Å²) in [5.74, 6) is 0. The Morgan fingerprint density at radius 3 is 1.57 bits per heavy atom. The molecule has 0 aliphatic heterocycles. The van der Waals surface area contributed by atoms with Crippen LogP contribution < -0.4 is 10.6 Å². The van der Waals surface area contributed by atoms with Crippen molar-refractivity contribution in [1.82, 2.24) is 0 Å². The molecule has 0 saturated carbocycles. The van der Waals surface area contributed by atoms with E-state index < -0.39 is 0 Å². The zero-order valence-corrected chi connectivity index (χ0v) is 13.0. The summed E-state index contributed by atoms with van der Waals surface area (Å²) < 4.78 is 0. The van der Waals surface area contributed by atoms with E-state index in [1.54, 1.807) is 11.3 Å². The molecule has 0 spiro atoms. The van der Waals surface area contributed by atoms with Gasteiger partial charge in [0.05, 0.1) is 10.0 Å². The molecule has 106 valence electrons. The molecular weight excluding hydrogens is 276 g/mol. The molecule has 0 unspecified atom stereocenters. The summed E-state index contributed by atoms with van der Waals surface area (Å²) in [6.45, 7) is 4.20. The highest BCUT2D eigenvalue weighted by molar-refractivity contribution is 7.20. The molecule has 0 bridgehead atoms. The minimum absolute atomic E-state index is 1.12. The molecule has 2 aromatic carbocycles. The average Bonchev–Trinajstić information content (AvgIpc) is 2.86. The fourth-order valence-corrected chi connectivity index (χ4v) is 3.05. The van der Waals surface area contributed by atoms with Crippen LogP contribution in [0.3, 0.4) is 0 Å². The van der Waals surface area contributed by atoms with Crippen molar-refractivity contribution in [1.29, 1.82) is 0 Å². The summed E-state index contributed by atoms with van der Waals surface area (Å²) >= 11 is 1.71. The molecule has 2 nitrogen and oxygen atoms in total. The third kappa shape index (κ3) is 3.64. The maximum atomic E-state index is 3.44. The SMILES string of the molecule is Cc1cccc(Nc2ccc(Nc3cccc(C)c3)s2)c1. The van der Waals surface area contributed by atoms with Crippen LogP contribution in [0, 0.1) is 13.8 Å². The zero-order valence-electron chi connectivity index (χ0n) is 12.2. The summed E-state index contributed by atoms with van der Waals surface area (Å²) in [4.78, 5) is 0. The zero-order chi connectivity index (χ0) is 14.7. The third-order valence-electron chi connectivity index (χ3n) is 3.18. The van der Waals surface area contributed by atoms with Crippen LogP contribution >= 0.6 is 11.3 Å². The summed E-state index contributed by atoms with van der Waals surface area (Å²) in [5.41, 5.74) is 4.77. The van der Waals surface area contributed by atoms with Crippen LogP contribution in [0.1, 0.15) is 11.1 Å². The Labute approximate surface area is 129 Å². The van der Waals surface area contributed by atoms with Crippen molar-refractivity contribution >= 4 is 32.7 Å². The van der Waals surface area contributed by atoms with Gasteiger partial charge in [-0.25, -0.2) is 0 Å². The van der Waals surface area contributed by atoms with Crippen molar-refractivity contribution in [3.05, 3.63) is 71.8 Å². The molecule has 0 aliphatic carbocycles. The lowest BCUT2D eigenvalue weighted by Gasteiger charge is -2.05. The number of rotatable bonds is 4. The predicted molar refractivity (Wildman–Crippen MR) is 93.2 cm³/mol. The van der Waals surface area contributed by atoms with E-state index in [1.807, 2.05) is 0 Å². The van der Waals surface area contributed by atoms with Gasteiger partial charge in [-0.3, -0.25) is 0 Å². The van der Waals surface area contributed by atoms with E-state index in [0.717, 1.165) is 21.4 Å². The van der Waals surface area contributed by atoms with Crippen molar-refractivity contribution in [3.8, 4) is 0 Å². The van der Waals surface area contributed by atoms with Crippen molar-refractivity contribution in [2.24, 2.45) is 0 Å². The highest BCUT2D eigenvalue weighted by Gasteiger charge is 2.01. The van der Waals surface area contributed by atoms with E-state index >= 15 is 0 Å². The normalized spacial score (nSPS) is 10.4. The van der Waals surface area contributed by atoms with Crippen molar-refractivity contribution < 1.29 is 0 Å². The van der Waals surface area contributed by atoms with Gasteiger partial charge >= 0.3 is 0 Å². The molecule has 21 heavy (non-hydrogen) atoms. The van der Waals surface area contributed by atoms with E-state index in [2.05, 4.69) is 85.1 Å². The molecule has 3 rings (SSSR count). The number of thiophene rings is 1. The first kappa shape index (κ1) is 13.7. The molecule has 3 aromatic rings. The van der Waals surface area contributed by atoms with Crippen LogP contribution in [0.15, 0.2) is 60.7 Å². The summed E-state index contributed by atoms with van der Waals surface area (Å²) in [6, 6.07) is 21.0. The van der Waals surface area contributed by atoms with E-state index in [0.29, 0.717) is 0 Å². The number of hydrogen-bond acceptors (Lipinski definition) is 3. The van der Waals surface area contributed by atoms with Crippen LogP contribution in [0.5, 0.6) is 0 Å². The van der Waals surface area contributed by atoms with E-state index in [-0.39, 0.29) is 0 Å². The maximum absolute atomic E-state index is 3.44. The lowest BCUT2D eigenvalue weighted by atomic mass is 10.2. The van der Waals surface area contributed by atoms with Gasteiger partial charge in [0.15, 0.2) is 0 Å². The van der Waals surface area contributed by atoms with Gasteiger partial charge in [0.2, 0.25) is 0 Å². The Balaban J connectivity index is 1.71. The average molecular weight is 294 g/mol. The fourth-order valence-electron chi connectivity index (χ4n) is 2.20. The van der Waals surface area contributed by atoms with Crippen LogP contribution in [0.2, 0.25) is 0 Å². The highest BCUT2D eigenvalue weighted by atomic mass is 32.1. The number of hydrogen-bond donors (Lipinski definition) is 2. The largest absolute Gasteiger partial charge is 0.347 e. The first-order chi connectivity index (χ1) is 10.2. The summed E-state index contributed by atoms with van der Waals surface area (Å²) in [6.07, 6.45) is 0.